The van der Waals surface area contributed by atoms with E-state index in [4.69, 9.17) is 0 Å². The van der Waals surface area contributed by atoms with Gasteiger partial charge in [0, 0.05) is 11.8 Å². The maximum absolute atomic E-state index is 11.6. The summed E-state index contributed by atoms with van der Waals surface area (Å²) in [7, 11) is -3.44. The molecule has 0 bridgehead atoms. The first-order valence-electron chi connectivity index (χ1n) is 6.58. The molecule has 2 heterocycles. The van der Waals surface area contributed by atoms with Gasteiger partial charge in [0.2, 0.25) is 10.0 Å². The Morgan fingerprint density at radius 3 is 2.55 bits per heavy atom. The number of rotatable bonds is 4. The second-order valence-electron chi connectivity index (χ2n) is 4.89. The van der Waals surface area contributed by atoms with Crippen LogP contribution in [0.1, 0.15) is 5.69 Å². The SMILES string of the molecule is Cc1c(Nc2ccccc2)c(NS(C)(=O)=O)nc2ccnn12. The molecule has 0 unspecified atom stereocenters. The Morgan fingerprint density at radius 2 is 1.86 bits per heavy atom. The summed E-state index contributed by atoms with van der Waals surface area (Å²) in [5.41, 5.74) is 2.72. The molecule has 2 aromatic heterocycles. The summed E-state index contributed by atoms with van der Waals surface area (Å²) in [6.07, 6.45) is 2.71. The smallest absolute Gasteiger partial charge is 0.231 e. The van der Waals surface area contributed by atoms with Gasteiger partial charge in [0.15, 0.2) is 11.5 Å². The van der Waals surface area contributed by atoms with E-state index in [1.807, 2.05) is 37.3 Å². The van der Waals surface area contributed by atoms with Crippen LogP contribution in [0.2, 0.25) is 0 Å². The van der Waals surface area contributed by atoms with Crippen LogP contribution in [0.3, 0.4) is 0 Å². The van der Waals surface area contributed by atoms with Crippen molar-refractivity contribution in [3.8, 4) is 0 Å². The maximum atomic E-state index is 11.6. The number of aryl methyl sites for hydroxylation is 1. The number of benzene rings is 1. The molecule has 3 aromatic rings. The molecule has 0 saturated carbocycles. The molecule has 3 rings (SSSR count). The predicted octanol–water partition coefficient (Wildman–Crippen LogP) is 2.15. The van der Waals surface area contributed by atoms with Crippen molar-refractivity contribution < 1.29 is 8.42 Å². The molecule has 0 aliphatic carbocycles. The second-order valence-corrected chi connectivity index (χ2v) is 6.64. The van der Waals surface area contributed by atoms with Gasteiger partial charge in [-0.05, 0) is 19.1 Å². The zero-order chi connectivity index (χ0) is 15.7. The number of para-hydroxylation sites is 1. The molecule has 0 fully saturated rings. The summed E-state index contributed by atoms with van der Waals surface area (Å²) in [5, 5.41) is 7.39. The summed E-state index contributed by atoms with van der Waals surface area (Å²) in [4.78, 5) is 4.33. The van der Waals surface area contributed by atoms with Crippen LogP contribution in [0, 0.1) is 6.92 Å². The number of sulfonamides is 1. The fourth-order valence-corrected chi connectivity index (χ4v) is 2.65. The lowest BCUT2D eigenvalue weighted by Gasteiger charge is -2.15. The fourth-order valence-electron chi connectivity index (χ4n) is 2.15. The molecule has 0 radical (unpaired) electrons. The first kappa shape index (κ1) is 14.3. The molecule has 2 N–H and O–H groups in total. The van der Waals surface area contributed by atoms with Crippen LogP contribution in [0.15, 0.2) is 42.6 Å². The molecule has 0 saturated heterocycles. The monoisotopic (exact) mass is 317 g/mol. The Labute approximate surface area is 128 Å². The zero-order valence-corrected chi connectivity index (χ0v) is 12.9. The number of hydrogen-bond acceptors (Lipinski definition) is 5. The number of nitrogens with one attached hydrogen (secondary N) is 2. The van der Waals surface area contributed by atoms with Crippen molar-refractivity contribution in [2.45, 2.75) is 6.92 Å². The van der Waals surface area contributed by atoms with Crippen LogP contribution in [0.5, 0.6) is 0 Å². The summed E-state index contributed by atoms with van der Waals surface area (Å²) in [6, 6.07) is 11.2. The summed E-state index contributed by atoms with van der Waals surface area (Å²) in [5.74, 6) is 0.247. The van der Waals surface area contributed by atoms with E-state index < -0.39 is 10.0 Å². The van der Waals surface area contributed by atoms with E-state index in [-0.39, 0.29) is 5.82 Å². The van der Waals surface area contributed by atoms with Crippen LogP contribution in [0.4, 0.5) is 17.2 Å². The molecule has 22 heavy (non-hydrogen) atoms. The first-order valence-corrected chi connectivity index (χ1v) is 8.47. The Kier molecular flexibility index (Phi) is 3.45. The van der Waals surface area contributed by atoms with Crippen LogP contribution in [0.25, 0.3) is 5.65 Å². The lowest BCUT2D eigenvalue weighted by molar-refractivity contribution is 0.606. The number of nitrogens with zero attached hydrogens (tertiary/aromatic N) is 3. The van der Waals surface area contributed by atoms with Gasteiger partial charge in [-0.3, -0.25) is 4.72 Å². The third kappa shape index (κ3) is 2.86. The van der Waals surface area contributed by atoms with Crippen LogP contribution >= 0.6 is 0 Å². The Balaban J connectivity index is 2.16. The van der Waals surface area contributed by atoms with E-state index in [0.29, 0.717) is 11.3 Å². The molecule has 114 valence electrons. The molecule has 0 aliphatic heterocycles. The van der Waals surface area contributed by atoms with Gasteiger partial charge in [-0.15, -0.1) is 0 Å². The third-order valence-corrected chi connectivity index (χ3v) is 3.65. The molecule has 0 amide bonds. The van der Waals surface area contributed by atoms with Crippen LogP contribution < -0.4 is 10.0 Å². The largest absolute Gasteiger partial charge is 0.351 e. The molecule has 1 aromatic carbocycles. The highest BCUT2D eigenvalue weighted by Crippen LogP contribution is 2.28. The Hall–Kier alpha value is -2.61. The van der Waals surface area contributed by atoms with E-state index in [2.05, 4.69) is 20.1 Å². The van der Waals surface area contributed by atoms with Crippen molar-refractivity contribution in [3.05, 3.63) is 48.3 Å². The zero-order valence-electron chi connectivity index (χ0n) is 12.1. The van der Waals surface area contributed by atoms with Gasteiger partial charge in [-0.2, -0.15) is 5.10 Å². The van der Waals surface area contributed by atoms with Crippen molar-refractivity contribution in [1.29, 1.82) is 0 Å². The highest BCUT2D eigenvalue weighted by molar-refractivity contribution is 7.92. The molecular formula is C14H15N5O2S. The molecule has 0 aliphatic rings. The number of aromatic nitrogens is 3. The summed E-state index contributed by atoms with van der Waals surface area (Å²) in [6.45, 7) is 1.85. The minimum Gasteiger partial charge on any atom is -0.351 e. The summed E-state index contributed by atoms with van der Waals surface area (Å²) >= 11 is 0. The van der Waals surface area contributed by atoms with Crippen LogP contribution in [-0.2, 0) is 10.0 Å². The minimum atomic E-state index is -3.44. The third-order valence-electron chi connectivity index (χ3n) is 3.09. The van der Waals surface area contributed by atoms with Crippen molar-refractivity contribution in [2.24, 2.45) is 0 Å². The lowest BCUT2D eigenvalue weighted by atomic mass is 10.3. The van der Waals surface area contributed by atoms with Gasteiger partial charge in [-0.25, -0.2) is 17.9 Å². The predicted molar refractivity (Wildman–Crippen MR) is 85.9 cm³/mol. The first-order chi connectivity index (χ1) is 10.4. The van der Waals surface area contributed by atoms with E-state index in [9.17, 15) is 8.42 Å². The molecular weight excluding hydrogens is 302 g/mol. The maximum Gasteiger partial charge on any atom is 0.231 e. The lowest BCUT2D eigenvalue weighted by Crippen LogP contribution is -2.15. The highest BCUT2D eigenvalue weighted by atomic mass is 32.2. The fraction of sp³-hybridized carbons (Fsp3) is 0.143. The van der Waals surface area contributed by atoms with Crippen LogP contribution in [-0.4, -0.2) is 29.3 Å². The normalized spacial score (nSPS) is 11.5. The number of fused-ring (bicyclic) bond motifs is 1. The topological polar surface area (TPSA) is 88.4 Å². The molecule has 0 atom stereocenters. The average Bonchev–Trinajstić information content (AvgIpc) is 2.91. The second kappa shape index (κ2) is 5.30. The van der Waals surface area contributed by atoms with E-state index >= 15 is 0 Å². The van der Waals surface area contributed by atoms with E-state index in [1.54, 1.807) is 16.8 Å². The average molecular weight is 317 g/mol. The Morgan fingerprint density at radius 1 is 1.14 bits per heavy atom. The van der Waals surface area contributed by atoms with Crippen molar-refractivity contribution in [1.82, 2.24) is 14.6 Å². The molecule has 0 spiro atoms. The molecule has 7 nitrogen and oxygen atoms in total. The number of hydrogen-bond donors (Lipinski definition) is 2. The van der Waals surface area contributed by atoms with E-state index in [1.165, 1.54) is 0 Å². The van der Waals surface area contributed by atoms with Gasteiger partial charge in [0.25, 0.3) is 0 Å². The standard InChI is InChI=1S/C14H15N5O2S/c1-10-13(16-11-6-4-3-5-7-11)14(18-22(2,20)21)17-12-8-9-15-19(10)12/h3-9,16H,1-2H3,(H,17,18). The highest BCUT2D eigenvalue weighted by Gasteiger charge is 2.16. The van der Waals surface area contributed by atoms with E-state index in [0.717, 1.165) is 17.6 Å². The number of anilines is 3. The molecule has 8 heteroatoms. The van der Waals surface area contributed by atoms with Gasteiger partial charge < -0.3 is 5.32 Å². The minimum absolute atomic E-state index is 0.247. The van der Waals surface area contributed by atoms with Crippen molar-refractivity contribution >= 4 is 32.9 Å². The van der Waals surface area contributed by atoms with Gasteiger partial charge >= 0.3 is 0 Å². The van der Waals surface area contributed by atoms with Crippen molar-refractivity contribution in [3.63, 3.8) is 0 Å². The van der Waals surface area contributed by atoms with Gasteiger partial charge in [0.1, 0.15) is 5.69 Å². The quantitative estimate of drug-likeness (QED) is 0.770. The van der Waals surface area contributed by atoms with Gasteiger partial charge in [-0.1, -0.05) is 18.2 Å². The summed E-state index contributed by atoms with van der Waals surface area (Å²) < 4.78 is 27.3. The Bertz CT molecular complexity index is 919. The van der Waals surface area contributed by atoms with Gasteiger partial charge in [0.05, 0.1) is 18.1 Å². The van der Waals surface area contributed by atoms with Crippen molar-refractivity contribution in [2.75, 3.05) is 16.3 Å².